The topological polar surface area (TPSA) is 85.6 Å². The van der Waals surface area contributed by atoms with Gasteiger partial charge in [-0.25, -0.2) is 14.7 Å². The van der Waals surface area contributed by atoms with E-state index in [0.717, 1.165) is 18.7 Å². The fourth-order valence-corrected chi connectivity index (χ4v) is 3.42. The van der Waals surface area contributed by atoms with Gasteiger partial charge in [-0.15, -0.1) is 0 Å². The summed E-state index contributed by atoms with van der Waals surface area (Å²) in [5, 5.41) is 11.5. The predicted molar refractivity (Wildman–Crippen MR) is 109 cm³/mol. The van der Waals surface area contributed by atoms with E-state index in [9.17, 15) is 8.78 Å². The Morgan fingerprint density at radius 1 is 1.43 bits per heavy atom. The lowest BCUT2D eigenvalue weighted by molar-refractivity contribution is -0.0504. The van der Waals surface area contributed by atoms with Crippen molar-refractivity contribution in [2.75, 3.05) is 13.7 Å². The van der Waals surface area contributed by atoms with Gasteiger partial charge in [-0.2, -0.15) is 13.9 Å². The van der Waals surface area contributed by atoms with Crippen molar-refractivity contribution in [3.8, 4) is 5.75 Å². The number of fused-ring (bicyclic) bond motifs is 1. The molecule has 0 saturated heterocycles. The average Bonchev–Trinajstić information content (AvgIpc) is 3.09. The van der Waals surface area contributed by atoms with Gasteiger partial charge in [0.15, 0.2) is 11.8 Å². The van der Waals surface area contributed by atoms with Gasteiger partial charge in [0.05, 0.1) is 13.1 Å². The van der Waals surface area contributed by atoms with E-state index < -0.39 is 6.61 Å². The standard InChI is InChI=1S/C19H25ClF2N6O2/c1-3-23-19(24-9-12-8-13(20)4-6-15(12)30-18(21)22)25-14-5-7-17-26-16(11-29-2)27-28(17)10-14/h4,6,8,14,18H,3,5,7,9-11H2,1-2H3,(H2,23,24,25). The van der Waals surface area contributed by atoms with E-state index in [1.165, 1.54) is 12.1 Å². The predicted octanol–water partition coefficient (Wildman–Crippen LogP) is 2.75. The summed E-state index contributed by atoms with van der Waals surface area (Å²) < 4.78 is 36.9. The summed E-state index contributed by atoms with van der Waals surface area (Å²) in [5.41, 5.74) is 0.478. The summed E-state index contributed by atoms with van der Waals surface area (Å²) in [6.07, 6.45) is 1.65. The lowest BCUT2D eigenvalue weighted by Gasteiger charge is -2.25. The zero-order chi connectivity index (χ0) is 21.5. The number of hydrogen-bond acceptors (Lipinski definition) is 5. The van der Waals surface area contributed by atoms with Gasteiger partial charge in [-0.3, -0.25) is 0 Å². The van der Waals surface area contributed by atoms with Gasteiger partial charge in [-0.1, -0.05) is 11.6 Å². The number of aliphatic imine (C=N–C) groups is 1. The second-order valence-corrected chi connectivity index (χ2v) is 7.20. The number of nitrogens with one attached hydrogen (secondary N) is 2. The van der Waals surface area contributed by atoms with Crippen molar-refractivity contribution in [3.63, 3.8) is 0 Å². The first kappa shape index (κ1) is 22.2. The maximum absolute atomic E-state index is 12.7. The number of benzene rings is 1. The first-order valence-corrected chi connectivity index (χ1v) is 10.1. The van der Waals surface area contributed by atoms with E-state index in [-0.39, 0.29) is 18.3 Å². The van der Waals surface area contributed by atoms with Crippen LogP contribution in [0.2, 0.25) is 5.02 Å². The van der Waals surface area contributed by atoms with Crippen LogP contribution in [-0.4, -0.2) is 47.0 Å². The molecule has 0 saturated carbocycles. The van der Waals surface area contributed by atoms with Crippen molar-refractivity contribution < 1.29 is 18.3 Å². The maximum Gasteiger partial charge on any atom is 0.387 e. The fourth-order valence-electron chi connectivity index (χ4n) is 3.23. The molecule has 30 heavy (non-hydrogen) atoms. The quantitative estimate of drug-likeness (QED) is 0.483. The molecule has 2 aromatic rings. The molecule has 1 unspecified atom stereocenters. The SMILES string of the molecule is CCNC(=NCc1cc(Cl)ccc1OC(F)F)NC1CCc2nc(COC)nn2C1. The molecule has 1 aliphatic heterocycles. The lowest BCUT2D eigenvalue weighted by atomic mass is 10.1. The zero-order valence-electron chi connectivity index (χ0n) is 16.9. The van der Waals surface area contributed by atoms with Crippen LogP contribution in [0.15, 0.2) is 23.2 Å². The highest BCUT2D eigenvalue weighted by molar-refractivity contribution is 6.30. The molecule has 1 atom stereocenters. The highest BCUT2D eigenvalue weighted by Crippen LogP contribution is 2.25. The molecular formula is C19H25ClF2N6O2. The molecule has 1 aliphatic rings. The molecule has 2 N–H and O–H groups in total. The lowest BCUT2D eigenvalue weighted by Crippen LogP contribution is -2.47. The van der Waals surface area contributed by atoms with E-state index in [1.807, 2.05) is 11.6 Å². The normalized spacial score (nSPS) is 16.5. The Kier molecular flexibility index (Phi) is 7.81. The molecule has 0 spiro atoms. The molecule has 0 bridgehead atoms. The summed E-state index contributed by atoms with van der Waals surface area (Å²) in [5.74, 6) is 2.24. The van der Waals surface area contributed by atoms with Crippen molar-refractivity contribution >= 4 is 17.6 Å². The second-order valence-electron chi connectivity index (χ2n) is 6.77. The minimum Gasteiger partial charge on any atom is -0.434 e. The van der Waals surface area contributed by atoms with Crippen LogP contribution in [0.1, 0.15) is 30.6 Å². The van der Waals surface area contributed by atoms with Crippen LogP contribution in [0.3, 0.4) is 0 Å². The summed E-state index contributed by atoms with van der Waals surface area (Å²) in [6, 6.07) is 4.60. The van der Waals surface area contributed by atoms with Gasteiger partial charge in [0.1, 0.15) is 18.2 Å². The number of alkyl halides is 2. The van der Waals surface area contributed by atoms with E-state index in [2.05, 4.69) is 30.4 Å². The Morgan fingerprint density at radius 3 is 3.00 bits per heavy atom. The molecule has 164 valence electrons. The molecule has 8 nitrogen and oxygen atoms in total. The third-order valence-electron chi connectivity index (χ3n) is 4.51. The monoisotopic (exact) mass is 442 g/mol. The zero-order valence-corrected chi connectivity index (χ0v) is 17.6. The van der Waals surface area contributed by atoms with Crippen LogP contribution in [0.5, 0.6) is 5.75 Å². The molecule has 0 amide bonds. The number of ether oxygens (including phenoxy) is 2. The molecule has 0 aliphatic carbocycles. The van der Waals surface area contributed by atoms with Gasteiger partial charge in [0, 0.05) is 36.7 Å². The van der Waals surface area contributed by atoms with E-state index >= 15 is 0 Å². The number of rotatable bonds is 8. The highest BCUT2D eigenvalue weighted by atomic mass is 35.5. The maximum atomic E-state index is 12.7. The van der Waals surface area contributed by atoms with Gasteiger partial charge >= 0.3 is 6.61 Å². The Hall–Kier alpha value is -2.46. The Bertz CT molecular complexity index is 877. The molecule has 1 aromatic carbocycles. The summed E-state index contributed by atoms with van der Waals surface area (Å²) in [4.78, 5) is 9.00. The van der Waals surface area contributed by atoms with Crippen molar-refractivity contribution in [1.82, 2.24) is 25.4 Å². The second kappa shape index (κ2) is 10.5. The van der Waals surface area contributed by atoms with E-state index in [0.29, 0.717) is 42.1 Å². The van der Waals surface area contributed by atoms with Crippen molar-refractivity contribution in [2.45, 2.75) is 52.1 Å². The highest BCUT2D eigenvalue weighted by Gasteiger charge is 2.22. The van der Waals surface area contributed by atoms with Gasteiger partial charge in [0.2, 0.25) is 0 Å². The summed E-state index contributed by atoms with van der Waals surface area (Å²) >= 11 is 6.01. The number of aryl methyl sites for hydroxylation is 1. The molecule has 3 rings (SSSR count). The van der Waals surface area contributed by atoms with Crippen LogP contribution in [-0.2, 0) is 30.9 Å². The first-order valence-electron chi connectivity index (χ1n) is 9.68. The van der Waals surface area contributed by atoms with Gasteiger partial charge in [0.25, 0.3) is 0 Å². The first-order chi connectivity index (χ1) is 14.5. The smallest absolute Gasteiger partial charge is 0.387 e. The molecule has 11 heteroatoms. The third-order valence-corrected chi connectivity index (χ3v) is 4.74. The average molecular weight is 443 g/mol. The largest absolute Gasteiger partial charge is 0.434 e. The number of methoxy groups -OCH3 is 1. The van der Waals surface area contributed by atoms with Gasteiger partial charge in [-0.05, 0) is 31.5 Å². The number of hydrogen-bond donors (Lipinski definition) is 2. The minimum absolute atomic E-state index is 0.0598. The summed E-state index contributed by atoms with van der Waals surface area (Å²) in [6.45, 7) is 0.855. The van der Waals surface area contributed by atoms with E-state index in [1.54, 1.807) is 13.2 Å². The molecule has 2 heterocycles. The molecule has 0 radical (unpaired) electrons. The van der Waals surface area contributed by atoms with Crippen LogP contribution < -0.4 is 15.4 Å². The number of nitrogens with zero attached hydrogens (tertiary/aromatic N) is 4. The minimum atomic E-state index is -2.91. The third kappa shape index (κ3) is 6.02. The molecule has 0 fully saturated rings. The van der Waals surface area contributed by atoms with E-state index in [4.69, 9.17) is 16.3 Å². The van der Waals surface area contributed by atoms with Crippen LogP contribution >= 0.6 is 11.6 Å². The van der Waals surface area contributed by atoms with Crippen LogP contribution in [0, 0.1) is 0 Å². The molecular weight excluding hydrogens is 418 g/mol. The van der Waals surface area contributed by atoms with Gasteiger partial charge < -0.3 is 20.1 Å². The number of halogens is 3. The summed E-state index contributed by atoms with van der Waals surface area (Å²) in [7, 11) is 1.61. The van der Waals surface area contributed by atoms with Crippen molar-refractivity contribution in [3.05, 3.63) is 40.4 Å². The molecule has 1 aromatic heterocycles. The van der Waals surface area contributed by atoms with Crippen LogP contribution in [0.4, 0.5) is 8.78 Å². The van der Waals surface area contributed by atoms with Crippen molar-refractivity contribution in [2.24, 2.45) is 4.99 Å². The van der Waals surface area contributed by atoms with Crippen molar-refractivity contribution in [1.29, 1.82) is 0 Å². The van der Waals surface area contributed by atoms with Crippen LogP contribution in [0.25, 0.3) is 0 Å². The Labute approximate surface area is 178 Å². The number of aromatic nitrogens is 3. The Balaban J connectivity index is 1.69. The number of guanidine groups is 1. The Morgan fingerprint density at radius 2 is 2.27 bits per heavy atom. The fraction of sp³-hybridized carbons (Fsp3) is 0.526.